The second-order valence-electron chi connectivity index (χ2n) is 6.84. The zero-order valence-electron chi connectivity index (χ0n) is 17.8. The molecule has 0 N–H and O–H groups in total. The summed E-state index contributed by atoms with van der Waals surface area (Å²) >= 11 is 9.45. The maximum absolute atomic E-state index is 13.2. The first-order valence-corrected chi connectivity index (χ1v) is 10.9. The van der Waals surface area contributed by atoms with E-state index in [9.17, 15) is 22.8 Å². The van der Waals surface area contributed by atoms with Crippen molar-refractivity contribution in [2.45, 2.75) is 25.6 Å². The van der Waals surface area contributed by atoms with E-state index in [1.807, 2.05) is 0 Å². The van der Waals surface area contributed by atoms with Crippen LogP contribution in [-0.4, -0.2) is 41.6 Å². The molecule has 3 rings (SSSR count). The van der Waals surface area contributed by atoms with Gasteiger partial charge in [-0.25, -0.2) is 14.1 Å². The molecule has 0 radical (unpaired) electrons. The Bertz CT molecular complexity index is 1270. The molecule has 0 amide bonds. The smallest absolute Gasteiger partial charge is 0.490 e. The highest BCUT2D eigenvalue weighted by molar-refractivity contribution is 9.10. The van der Waals surface area contributed by atoms with E-state index in [0.29, 0.717) is 10.5 Å². The van der Waals surface area contributed by atoms with E-state index in [-0.39, 0.29) is 40.1 Å². The lowest BCUT2D eigenvalue weighted by atomic mass is 9.86. The van der Waals surface area contributed by atoms with Gasteiger partial charge in [0.15, 0.2) is 17.4 Å². The van der Waals surface area contributed by atoms with Gasteiger partial charge in [-0.15, -0.1) is 13.2 Å². The van der Waals surface area contributed by atoms with Crippen LogP contribution in [0.15, 0.2) is 46.8 Å². The average Bonchev–Trinajstić information content (AvgIpc) is 3.13. The number of hydrogen-bond donors (Lipinski definition) is 0. The maximum Gasteiger partial charge on any atom is 0.573 e. The number of esters is 1. The second-order valence-corrected chi connectivity index (χ2v) is 8.13. The van der Waals surface area contributed by atoms with Gasteiger partial charge in [0.05, 0.1) is 19.2 Å². The molecule has 1 atom stereocenters. The van der Waals surface area contributed by atoms with E-state index in [1.165, 1.54) is 42.1 Å². The number of pyridine rings is 1. The summed E-state index contributed by atoms with van der Waals surface area (Å²) in [6.45, 7) is 1.63. The van der Waals surface area contributed by atoms with Crippen LogP contribution in [0.25, 0.3) is 5.52 Å². The van der Waals surface area contributed by atoms with Gasteiger partial charge < -0.3 is 14.2 Å². The third kappa shape index (κ3) is 5.55. The fourth-order valence-electron chi connectivity index (χ4n) is 3.50. The van der Waals surface area contributed by atoms with E-state index in [4.69, 9.17) is 21.1 Å². The van der Waals surface area contributed by atoms with Crippen molar-refractivity contribution in [1.82, 2.24) is 9.61 Å². The number of aromatic nitrogens is 2. The van der Waals surface area contributed by atoms with E-state index in [0.717, 1.165) is 6.07 Å². The van der Waals surface area contributed by atoms with E-state index < -0.39 is 24.0 Å². The Labute approximate surface area is 205 Å². The van der Waals surface area contributed by atoms with Gasteiger partial charge in [-0.05, 0) is 31.2 Å². The van der Waals surface area contributed by atoms with Crippen LogP contribution in [0.2, 0.25) is 5.02 Å². The molecule has 0 saturated heterocycles. The highest BCUT2D eigenvalue weighted by Crippen LogP contribution is 2.44. The number of allylic oxidation sites excluding steroid dienone is 1. The highest BCUT2D eigenvalue weighted by Gasteiger charge is 2.37. The number of carbonyl (C=O) groups is 1. The molecular formula is C22H17BrClF3N2O5. The maximum atomic E-state index is 13.2. The van der Waals surface area contributed by atoms with Crippen LogP contribution < -0.4 is 4.74 Å². The first kappa shape index (κ1) is 25.6. The zero-order valence-corrected chi connectivity index (χ0v) is 20.1. The number of ether oxygens (including phenoxy) is 3. The molecule has 2 heterocycles. The molecule has 0 aliphatic rings. The van der Waals surface area contributed by atoms with Gasteiger partial charge >= 0.3 is 12.3 Å². The Morgan fingerprint density at radius 3 is 2.65 bits per heavy atom. The molecule has 2 aromatic heterocycles. The van der Waals surface area contributed by atoms with Gasteiger partial charge in [-0.1, -0.05) is 33.6 Å². The number of hydrogen-bond acceptors (Lipinski definition) is 6. The first-order chi connectivity index (χ1) is 16.1. The highest BCUT2D eigenvalue weighted by atomic mass is 79.9. The normalized spacial score (nSPS) is 12.2. The Morgan fingerprint density at radius 1 is 1.29 bits per heavy atom. The number of fused-ring (bicyclic) bond motifs is 1. The topological polar surface area (TPSA) is 79.1 Å². The summed E-state index contributed by atoms with van der Waals surface area (Å²) in [4.78, 5) is 24.3. The Morgan fingerprint density at radius 2 is 2.03 bits per heavy atom. The van der Waals surface area contributed by atoms with Crippen molar-refractivity contribution in [2.24, 2.45) is 0 Å². The van der Waals surface area contributed by atoms with Crippen LogP contribution in [0.4, 0.5) is 13.2 Å². The van der Waals surface area contributed by atoms with Crippen molar-refractivity contribution in [3.05, 3.63) is 68.6 Å². The summed E-state index contributed by atoms with van der Waals surface area (Å²) in [6.07, 6.45) is -3.78. The molecule has 0 aliphatic carbocycles. The van der Waals surface area contributed by atoms with Crippen molar-refractivity contribution in [3.8, 4) is 5.75 Å². The Balaban J connectivity index is 2.39. The van der Waals surface area contributed by atoms with Crippen molar-refractivity contribution >= 4 is 45.0 Å². The summed E-state index contributed by atoms with van der Waals surface area (Å²) in [5.74, 6) is -0.993. The van der Waals surface area contributed by atoms with E-state index in [2.05, 4.69) is 25.8 Å². The minimum absolute atomic E-state index is 0.00467. The van der Waals surface area contributed by atoms with Gasteiger partial charge in [-0.3, -0.25) is 0 Å². The van der Waals surface area contributed by atoms with Gasteiger partial charge in [0.2, 0.25) is 0 Å². The number of carbonyl (C=O) groups excluding carboxylic acids is 2. The van der Waals surface area contributed by atoms with Crippen LogP contribution in [-0.2, 0) is 14.3 Å². The number of benzene rings is 1. The molecular weight excluding hydrogens is 545 g/mol. The predicted molar refractivity (Wildman–Crippen MR) is 120 cm³/mol. The van der Waals surface area contributed by atoms with Crippen molar-refractivity contribution in [3.63, 3.8) is 0 Å². The molecule has 7 nitrogen and oxygen atoms in total. The molecule has 0 bridgehead atoms. The van der Waals surface area contributed by atoms with Gasteiger partial charge in [0.1, 0.15) is 5.75 Å². The summed E-state index contributed by atoms with van der Waals surface area (Å²) in [5.41, 5.74) is 0.328. The lowest BCUT2D eigenvalue weighted by molar-refractivity contribution is -0.275. The third-order valence-corrected chi connectivity index (χ3v) is 5.72. The lowest BCUT2D eigenvalue weighted by Gasteiger charge is -2.23. The molecule has 3 aromatic rings. The standard InChI is InChI=1S/C22H17BrClF3N2O5/c1-3-33-21(31)20-19(16-9-12(24)7-8-29(16)28-20)14(10-13(11-30)32-2)18-15(23)5-4-6-17(18)34-22(25,26)27/h4-9,14H,3,10H2,1-2H3. The van der Waals surface area contributed by atoms with E-state index in [1.54, 1.807) is 12.9 Å². The zero-order chi connectivity index (χ0) is 25.0. The van der Waals surface area contributed by atoms with E-state index >= 15 is 0 Å². The number of alkyl halides is 3. The van der Waals surface area contributed by atoms with Gasteiger partial charge in [0.25, 0.3) is 0 Å². The number of halogens is 5. The fraction of sp³-hybridized carbons (Fsp3) is 0.273. The summed E-state index contributed by atoms with van der Waals surface area (Å²) in [7, 11) is 1.23. The number of nitrogens with zero attached hydrogens (tertiary/aromatic N) is 2. The molecule has 0 aliphatic heterocycles. The Hall–Kier alpha value is -3.01. The lowest BCUT2D eigenvalue weighted by Crippen LogP contribution is -2.20. The minimum Gasteiger partial charge on any atom is -0.490 e. The van der Waals surface area contributed by atoms with Crippen molar-refractivity contribution in [1.29, 1.82) is 0 Å². The number of rotatable bonds is 8. The van der Waals surface area contributed by atoms with Crippen LogP contribution in [0.3, 0.4) is 0 Å². The molecule has 12 heteroatoms. The first-order valence-electron chi connectivity index (χ1n) is 9.76. The van der Waals surface area contributed by atoms with Crippen LogP contribution in [0, 0.1) is 0 Å². The summed E-state index contributed by atoms with van der Waals surface area (Å²) < 4.78 is 55.7. The summed E-state index contributed by atoms with van der Waals surface area (Å²) in [5, 5.41) is 4.56. The molecule has 1 aromatic carbocycles. The van der Waals surface area contributed by atoms with Crippen molar-refractivity contribution < 1.29 is 37.0 Å². The number of methoxy groups -OCH3 is 1. The predicted octanol–water partition coefficient (Wildman–Crippen LogP) is 5.71. The third-order valence-electron chi connectivity index (χ3n) is 4.79. The van der Waals surface area contributed by atoms with Crippen LogP contribution in [0.1, 0.15) is 40.9 Å². The molecule has 0 saturated carbocycles. The quantitative estimate of drug-likeness (QED) is 0.199. The van der Waals surface area contributed by atoms with Gasteiger partial charge in [0, 0.05) is 39.2 Å². The molecule has 34 heavy (non-hydrogen) atoms. The van der Waals surface area contributed by atoms with Gasteiger partial charge in [-0.2, -0.15) is 5.10 Å². The monoisotopic (exact) mass is 560 g/mol. The minimum atomic E-state index is -5.00. The molecule has 0 fully saturated rings. The molecule has 180 valence electrons. The van der Waals surface area contributed by atoms with Crippen molar-refractivity contribution in [2.75, 3.05) is 13.7 Å². The second kappa shape index (κ2) is 10.5. The largest absolute Gasteiger partial charge is 0.573 e. The van der Waals surface area contributed by atoms with Crippen LogP contribution in [0.5, 0.6) is 5.75 Å². The summed E-state index contributed by atoms with van der Waals surface area (Å²) in [6, 6.07) is 7.01. The molecule has 1 unspecified atom stereocenters. The Kier molecular flexibility index (Phi) is 7.91. The fourth-order valence-corrected chi connectivity index (χ4v) is 4.29. The molecule has 0 spiro atoms. The van der Waals surface area contributed by atoms with Crippen LogP contribution >= 0.6 is 27.5 Å². The average molecular weight is 562 g/mol. The SMILES string of the molecule is CCOC(=O)c1nn2ccc(Cl)cc2c1C(CC(=C=O)OC)c1c(Br)cccc1OC(F)(F)F.